The van der Waals surface area contributed by atoms with E-state index in [0.29, 0.717) is 13.1 Å². The number of rotatable bonds is 14. The van der Waals surface area contributed by atoms with E-state index in [4.69, 9.17) is 4.74 Å². The maximum absolute atomic E-state index is 12.3. The first-order valence-corrected chi connectivity index (χ1v) is 11.9. The van der Waals surface area contributed by atoms with E-state index in [9.17, 15) is 23.3 Å². The fourth-order valence-electron chi connectivity index (χ4n) is 2.72. The van der Waals surface area contributed by atoms with Crippen LogP contribution < -0.4 is 15.4 Å². The Morgan fingerprint density at radius 2 is 1.61 bits per heavy atom. The predicted molar refractivity (Wildman–Crippen MR) is 118 cm³/mol. The minimum absolute atomic E-state index is 0.144. The molecule has 176 valence electrons. The molecule has 0 radical (unpaired) electrons. The molecule has 0 aliphatic carbocycles. The van der Waals surface area contributed by atoms with Crippen LogP contribution in [0.4, 0.5) is 10.5 Å². The van der Waals surface area contributed by atoms with Crippen molar-refractivity contribution in [2.75, 3.05) is 26.2 Å². The fraction of sp³-hybridized carbons (Fsp3) is 0.650. The number of para-hydroxylation sites is 1. The lowest BCUT2D eigenvalue weighted by Crippen LogP contribution is -2.33. The maximum Gasteiger partial charge on any atom is 0.407 e. The first kappa shape index (κ1) is 26.8. The van der Waals surface area contributed by atoms with Crippen molar-refractivity contribution < 1.29 is 22.9 Å². The molecule has 0 unspecified atom stereocenters. The van der Waals surface area contributed by atoms with Crippen molar-refractivity contribution in [2.45, 2.75) is 63.4 Å². The van der Waals surface area contributed by atoms with E-state index < -0.39 is 32.3 Å². The van der Waals surface area contributed by atoms with Crippen molar-refractivity contribution in [2.24, 2.45) is 0 Å². The Kier molecular flexibility index (Phi) is 11.4. The van der Waals surface area contributed by atoms with Crippen molar-refractivity contribution in [3.63, 3.8) is 0 Å². The summed E-state index contributed by atoms with van der Waals surface area (Å²) in [5, 5.41) is 16.9. The molecule has 0 atom stereocenters. The topological polar surface area (TPSA) is 140 Å². The molecule has 1 aromatic rings. The summed E-state index contributed by atoms with van der Waals surface area (Å²) < 4.78 is 32.0. The van der Waals surface area contributed by atoms with Crippen molar-refractivity contribution in [3.8, 4) is 0 Å². The Bertz CT molecular complexity index is 808. The van der Waals surface area contributed by atoms with E-state index in [2.05, 4.69) is 15.4 Å². The lowest BCUT2D eigenvalue weighted by molar-refractivity contribution is -0.387. The van der Waals surface area contributed by atoms with Gasteiger partial charge in [0.1, 0.15) is 5.60 Å². The van der Waals surface area contributed by atoms with Crippen molar-refractivity contribution >= 4 is 21.8 Å². The van der Waals surface area contributed by atoms with E-state index >= 15 is 0 Å². The number of nitrogens with one attached hydrogen (secondary N) is 3. The number of amides is 1. The smallest absolute Gasteiger partial charge is 0.407 e. The molecule has 10 nitrogen and oxygen atoms in total. The Labute approximate surface area is 184 Å². The van der Waals surface area contributed by atoms with Crippen LogP contribution in [0.15, 0.2) is 29.2 Å². The standard InChI is InChI=1S/C20H34N4O6S/c1-20(2,3)30-19(25)22-14-10-6-4-5-9-13-21-15-16-23-31(28,29)18-12-8-7-11-17(18)24(26)27/h7-8,11-12,21,23H,4-6,9-10,13-16H2,1-3H3,(H,22,25). The van der Waals surface area contributed by atoms with Crippen LogP contribution in [0.25, 0.3) is 0 Å². The van der Waals surface area contributed by atoms with Gasteiger partial charge in [-0.15, -0.1) is 0 Å². The predicted octanol–water partition coefficient (Wildman–Crippen LogP) is 2.94. The number of hydrogen-bond donors (Lipinski definition) is 3. The summed E-state index contributed by atoms with van der Waals surface area (Å²) in [4.78, 5) is 21.4. The molecule has 1 amide bonds. The highest BCUT2D eigenvalue weighted by Crippen LogP contribution is 2.22. The average molecular weight is 459 g/mol. The van der Waals surface area contributed by atoms with Gasteiger partial charge in [-0.3, -0.25) is 10.1 Å². The third kappa shape index (κ3) is 11.7. The van der Waals surface area contributed by atoms with Gasteiger partial charge >= 0.3 is 6.09 Å². The van der Waals surface area contributed by atoms with E-state index in [-0.39, 0.29) is 11.4 Å². The van der Waals surface area contributed by atoms with E-state index in [1.54, 1.807) is 0 Å². The summed E-state index contributed by atoms with van der Waals surface area (Å²) in [5.74, 6) is 0. The number of unbranched alkanes of at least 4 members (excludes halogenated alkanes) is 4. The Morgan fingerprint density at radius 3 is 2.26 bits per heavy atom. The summed E-state index contributed by atoms with van der Waals surface area (Å²) in [6.07, 6.45) is 4.53. The molecule has 0 aliphatic rings. The number of carbonyl (C=O) groups excluding carboxylic acids is 1. The van der Waals surface area contributed by atoms with Crippen LogP contribution in [0.3, 0.4) is 0 Å². The molecule has 3 N–H and O–H groups in total. The Hall–Kier alpha value is -2.24. The van der Waals surface area contributed by atoms with Crippen LogP contribution in [0.5, 0.6) is 0 Å². The zero-order chi connectivity index (χ0) is 23.3. The molecule has 0 heterocycles. The van der Waals surface area contributed by atoms with Crippen molar-refractivity contribution in [1.82, 2.24) is 15.4 Å². The molecular weight excluding hydrogens is 424 g/mol. The molecule has 0 spiro atoms. The minimum Gasteiger partial charge on any atom is -0.444 e. The van der Waals surface area contributed by atoms with E-state index in [1.165, 1.54) is 24.3 Å². The van der Waals surface area contributed by atoms with Crippen molar-refractivity contribution in [1.29, 1.82) is 0 Å². The Balaban J connectivity index is 2.07. The lowest BCUT2D eigenvalue weighted by Gasteiger charge is -2.19. The summed E-state index contributed by atoms with van der Waals surface area (Å²) >= 11 is 0. The van der Waals surface area contributed by atoms with Crippen LogP contribution in [-0.2, 0) is 14.8 Å². The quantitative estimate of drug-likeness (QED) is 0.221. The highest BCUT2D eigenvalue weighted by molar-refractivity contribution is 7.89. The van der Waals surface area contributed by atoms with Gasteiger partial charge in [0.05, 0.1) is 4.92 Å². The van der Waals surface area contributed by atoms with Gasteiger partial charge in [0.2, 0.25) is 10.0 Å². The van der Waals surface area contributed by atoms with Crippen LogP contribution in [0.1, 0.15) is 52.9 Å². The van der Waals surface area contributed by atoms with Crippen LogP contribution in [-0.4, -0.2) is 51.2 Å². The molecule has 0 aromatic heterocycles. The monoisotopic (exact) mass is 458 g/mol. The summed E-state index contributed by atoms with van der Waals surface area (Å²) in [7, 11) is -3.93. The van der Waals surface area contributed by atoms with Crippen LogP contribution in [0, 0.1) is 10.1 Å². The zero-order valence-electron chi connectivity index (χ0n) is 18.5. The molecule has 0 fully saturated rings. The second-order valence-electron chi connectivity index (χ2n) is 8.07. The molecule has 0 saturated carbocycles. The summed E-state index contributed by atoms with van der Waals surface area (Å²) in [5.41, 5.74) is -0.930. The molecule has 0 aliphatic heterocycles. The highest BCUT2D eigenvalue weighted by atomic mass is 32.2. The van der Waals surface area contributed by atoms with Gasteiger partial charge in [-0.2, -0.15) is 0 Å². The largest absolute Gasteiger partial charge is 0.444 e. The number of nitro benzene ring substituents is 1. The van der Waals surface area contributed by atoms with E-state index in [0.717, 1.165) is 38.6 Å². The Morgan fingerprint density at radius 1 is 1.00 bits per heavy atom. The molecule has 1 rings (SSSR count). The molecular formula is C20H34N4O6S. The average Bonchev–Trinajstić information content (AvgIpc) is 2.67. The fourth-order valence-corrected chi connectivity index (χ4v) is 3.92. The molecule has 0 bridgehead atoms. The number of sulfonamides is 1. The first-order chi connectivity index (χ1) is 14.5. The van der Waals surface area contributed by atoms with Crippen LogP contribution >= 0.6 is 0 Å². The second-order valence-corrected chi connectivity index (χ2v) is 9.80. The van der Waals surface area contributed by atoms with Gasteiger partial charge in [0.15, 0.2) is 4.90 Å². The minimum atomic E-state index is -3.93. The number of ether oxygens (including phenoxy) is 1. The van der Waals surface area contributed by atoms with E-state index in [1.807, 2.05) is 20.8 Å². The number of carbonyl (C=O) groups is 1. The SMILES string of the molecule is CC(C)(C)OC(=O)NCCCCCCCNCCNS(=O)(=O)c1ccccc1[N+](=O)[O-]. The highest BCUT2D eigenvalue weighted by Gasteiger charge is 2.24. The zero-order valence-corrected chi connectivity index (χ0v) is 19.3. The number of alkyl carbamates (subject to hydrolysis) is 1. The van der Waals surface area contributed by atoms with Gasteiger partial charge in [-0.25, -0.2) is 17.9 Å². The van der Waals surface area contributed by atoms with Gasteiger partial charge in [-0.1, -0.05) is 31.4 Å². The normalized spacial score (nSPS) is 11.8. The number of nitrogens with zero attached hydrogens (tertiary/aromatic N) is 1. The van der Waals surface area contributed by atoms with Gasteiger partial charge in [0, 0.05) is 25.7 Å². The number of nitro groups is 1. The van der Waals surface area contributed by atoms with Gasteiger partial charge < -0.3 is 15.4 Å². The first-order valence-electron chi connectivity index (χ1n) is 10.4. The summed E-state index contributed by atoms with van der Waals surface area (Å²) in [6.45, 7) is 7.39. The lowest BCUT2D eigenvalue weighted by atomic mass is 10.1. The second kappa shape index (κ2) is 13.2. The van der Waals surface area contributed by atoms with Gasteiger partial charge in [0.25, 0.3) is 5.69 Å². The number of hydrogen-bond acceptors (Lipinski definition) is 7. The van der Waals surface area contributed by atoms with Crippen LogP contribution in [0.2, 0.25) is 0 Å². The van der Waals surface area contributed by atoms with Gasteiger partial charge in [-0.05, 0) is 46.2 Å². The molecule has 1 aromatic carbocycles. The molecule has 0 saturated heterocycles. The molecule has 31 heavy (non-hydrogen) atoms. The third-order valence-electron chi connectivity index (χ3n) is 4.14. The third-order valence-corrected chi connectivity index (χ3v) is 5.65. The maximum atomic E-state index is 12.3. The molecule has 11 heteroatoms. The van der Waals surface area contributed by atoms with Crippen molar-refractivity contribution in [3.05, 3.63) is 34.4 Å². The number of benzene rings is 1. The summed E-state index contributed by atoms with van der Waals surface area (Å²) in [6, 6.07) is 5.26.